The van der Waals surface area contributed by atoms with Gasteiger partial charge in [0.25, 0.3) is 5.91 Å². The van der Waals surface area contributed by atoms with E-state index in [1.165, 1.54) is 6.21 Å². The van der Waals surface area contributed by atoms with Gasteiger partial charge in [0, 0.05) is 21.8 Å². The molecule has 136 valence electrons. The van der Waals surface area contributed by atoms with E-state index in [-0.39, 0.29) is 12.5 Å². The SMILES string of the molecule is O=C(N/N=C\c1ccc(OCc2c(Cl)cccc2Cl)cc1)c1ccccn1. The third-order valence-electron chi connectivity index (χ3n) is 3.60. The lowest BCUT2D eigenvalue weighted by Crippen LogP contribution is -2.18. The van der Waals surface area contributed by atoms with Crippen LogP contribution in [0.3, 0.4) is 0 Å². The zero-order valence-corrected chi connectivity index (χ0v) is 15.6. The molecule has 7 heteroatoms. The first-order chi connectivity index (χ1) is 13.1. The Morgan fingerprint density at radius 1 is 1.04 bits per heavy atom. The third-order valence-corrected chi connectivity index (χ3v) is 4.31. The van der Waals surface area contributed by atoms with Crippen molar-refractivity contribution >= 4 is 35.3 Å². The van der Waals surface area contributed by atoms with Crippen molar-refractivity contribution in [2.24, 2.45) is 5.10 Å². The maximum Gasteiger partial charge on any atom is 0.289 e. The molecule has 0 radical (unpaired) electrons. The normalized spacial score (nSPS) is 10.7. The van der Waals surface area contributed by atoms with Crippen LogP contribution >= 0.6 is 23.2 Å². The molecule has 0 aliphatic heterocycles. The summed E-state index contributed by atoms with van der Waals surface area (Å²) in [6.45, 7) is 0.270. The number of pyridine rings is 1. The van der Waals surface area contributed by atoms with Crippen LogP contribution in [0.2, 0.25) is 10.0 Å². The Morgan fingerprint density at radius 2 is 1.78 bits per heavy atom. The first-order valence-corrected chi connectivity index (χ1v) is 8.79. The molecule has 0 aliphatic carbocycles. The summed E-state index contributed by atoms with van der Waals surface area (Å²) in [6, 6.07) is 17.6. The van der Waals surface area contributed by atoms with Crippen LogP contribution in [0.15, 0.2) is 72.0 Å². The van der Waals surface area contributed by atoms with Crippen LogP contribution in [0.4, 0.5) is 0 Å². The number of carbonyl (C=O) groups is 1. The number of hydrogen-bond acceptors (Lipinski definition) is 4. The zero-order chi connectivity index (χ0) is 19.1. The highest BCUT2D eigenvalue weighted by Crippen LogP contribution is 2.25. The molecule has 0 saturated carbocycles. The van der Waals surface area contributed by atoms with Crippen LogP contribution in [0.1, 0.15) is 21.6 Å². The molecule has 1 heterocycles. The number of hydrazone groups is 1. The van der Waals surface area contributed by atoms with E-state index in [0.717, 1.165) is 11.1 Å². The molecule has 0 saturated heterocycles. The maximum atomic E-state index is 11.8. The lowest BCUT2D eigenvalue weighted by molar-refractivity contribution is 0.0950. The molecule has 1 aromatic heterocycles. The van der Waals surface area contributed by atoms with Gasteiger partial charge in [0.05, 0.1) is 6.21 Å². The van der Waals surface area contributed by atoms with Gasteiger partial charge in [0.1, 0.15) is 18.1 Å². The number of aromatic nitrogens is 1. The van der Waals surface area contributed by atoms with Crippen molar-refractivity contribution in [2.75, 3.05) is 0 Å². The summed E-state index contributed by atoms with van der Waals surface area (Å²) in [6.07, 6.45) is 3.09. The molecule has 3 aromatic rings. The van der Waals surface area contributed by atoms with Gasteiger partial charge in [-0.1, -0.05) is 35.3 Å². The molecule has 27 heavy (non-hydrogen) atoms. The first-order valence-electron chi connectivity index (χ1n) is 8.03. The Hall–Kier alpha value is -2.89. The lowest BCUT2D eigenvalue weighted by Gasteiger charge is -2.09. The summed E-state index contributed by atoms with van der Waals surface area (Å²) in [5.74, 6) is 0.295. The Bertz CT molecular complexity index is 925. The molecule has 0 unspecified atom stereocenters. The quantitative estimate of drug-likeness (QED) is 0.481. The monoisotopic (exact) mass is 399 g/mol. The van der Waals surface area contributed by atoms with Crippen molar-refractivity contribution in [3.63, 3.8) is 0 Å². The Labute approximate surface area is 166 Å². The van der Waals surface area contributed by atoms with Crippen LogP contribution in [0, 0.1) is 0 Å². The van der Waals surface area contributed by atoms with E-state index in [1.807, 2.05) is 12.1 Å². The number of hydrogen-bond donors (Lipinski definition) is 1. The fourth-order valence-electron chi connectivity index (χ4n) is 2.20. The third kappa shape index (κ3) is 5.29. The molecule has 3 rings (SSSR count). The van der Waals surface area contributed by atoms with E-state index in [1.54, 1.807) is 54.7 Å². The molecule has 0 aliphatic rings. The van der Waals surface area contributed by atoms with Gasteiger partial charge in [0.15, 0.2) is 0 Å². The predicted octanol–water partition coefficient (Wildman–Crippen LogP) is 4.73. The van der Waals surface area contributed by atoms with Gasteiger partial charge in [-0.05, 0) is 54.1 Å². The number of ether oxygens (including phenoxy) is 1. The van der Waals surface area contributed by atoms with Crippen molar-refractivity contribution in [2.45, 2.75) is 6.61 Å². The molecular weight excluding hydrogens is 385 g/mol. The minimum absolute atomic E-state index is 0.270. The summed E-state index contributed by atoms with van der Waals surface area (Å²) in [7, 11) is 0. The highest BCUT2D eigenvalue weighted by atomic mass is 35.5. The zero-order valence-electron chi connectivity index (χ0n) is 14.1. The largest absolute Gasteiger partial charge is 0.489 e. The summed E-state index contributed by atoms with van der Waals surface area (Å²) < 4.78 is 5.72. The number of benzene rings is 2. The van der Waals surface area contributed by atoms with Gasteiger partial charge in [-0.3, -0.25) is 9.78 Å². The van der Waals surface area contributed by atoms with Crippen LogP contribution in [-0.4, -0.2) is 17.1 Å². The number of halogens is 2. The predicted molar refractivity (Wildman–Crippen MR) is 107 cm³/mol. The molecule has 0 spiro atoms. The van der Waals surface area contributed by atoms with Crippen molar-refractivity contribution in [3.8, 4) is 5.75 Å². The summed E-state index contributed by atoms with van der Waals surface area (Å²) in [5, 5.41) is 5.05. The molecule has 0 atom stereocenters. The second kappa shape index (κ2) is 9.16. The second-order valence-corrected chi connectivity index (χ2v) is 6.29. The minimum atomic E-state index is -0.372. The standard InChI is InChI=1S/C20H15Cl2N3O2/c21-17-4-3-5-18(22)16(17)13-27-15-9-7-14(8-10-15)12-24-25-20(26)19-6-1-2-11-23-19/h1-12H,13H2,(H,25,26)/b24-12-. The average molecular weight is 400 g/mol. The van der Waals surface area contributed by atoms with Crippen molar-refractivity contribution in [1.82, 2.24) is 10.4 Å². The maximum absolute atomic E-state index is 11.8. The van der Waals surface area contributed by atoms with Gasteiger partial charge in [-0.15, -0.1) is 0 Å². The number of rotatable bonds is 6. The fraction of sp³-hybridized carbons (Fsp3) is 0.0500. The van der Waals surface area contributed by atoms with Gasteiger partial charge in [-0.2, -0.15) is 5.10 Å². The first kappa shape index (κ1) is 18.9. The van der Waals surface area contributed by atoms with Crippen LogP contribution in [-0.2, 0) is 6.61 Å². The summed E-state index contributed by atoms with van der Waals surface area (Å²) in [4.78, 5) is 15.8. The molecular formula is C20H15Cl2N3O2. The van der Waals surface area contributed by atoms with E-state index in [4.69, 9.17) is 27.9 Å². The molecule has 1 amide bonds. The second-order valence-electron chi connectivity index (χ2n) is 5.47. The topological polar surface area (TPSA) is 63.6 Å². The molecule has 5 nitrogen and oxygen atoms in total. The van der Waals surface area contributed by atoms with E-state index >= 15 is 0 Å². The van der Waals surface area contributed by atoms with Crippen LogP contribution in [0.5, 0.6) is 5.75 Å². The van der Waals surface area contributed by atoms with E-state index in [9.17, 15) is 4.79 Å². The van der Waals surface area contributed by atoms with Crippen LogP contribution in [0.25, 0.3) is 0 Å². The molecule has 0 fully saturated rings. The molecule has 2 aromatic carbocycles. The Balaban J connectivity index is 1.55. The number of nitrogens with zero attached hydrogens (tertiary/aromatic N) is 2. The van der Waals surface area contributed by atoms with Crippen molar-refractivity contribution < 1.29 is 9.53 Å². The van der Waals surface area contributed by atoms with Crippen molar-refractivity contribution in [3.05, 3.63) is 93.7 Å². The number of nitrogens with one attached hydrogen (secondary N) is 1. The van der Waals surface area contributed by atoms with E-state index in [2.05, 4.69) is 15.5 Å². The number of carbonyl (C=O) groups excluding carboxylic acids is 1. The van der Waals surface area contributed by atoms with Gasteiger partial charge in [-0.25, -0.2) is 5.43 Å². The molecule has 0 bridgehead atoms. The highest BCUT2D eigenvalue weighted by molar-refractivity contribution is 6.35. The number of amides is 1. The Morgan fingerprint density at radius 3 is 2.44 bits per heavy atom. The smallest absolute Gasteiger partial charge is 0.289 e. The average Bonchev–Trinajstić information content (AvgIpc) is 2.69. The van der Waals surface area contributed by atoms with Gasteiger partial charge in [0.2, 0.25) is 0 Å². The Kier molecular flexibility index (Phi) is 6.41. The van der Waals surface area contributed by atoms with Gasteiger partial charge >= 0.3 is 0 Å². The minimum Gasteiger partial charge on any atom is -0.489 e. The van der Waals surface area contributed by atoms with E-state index in [0.29, 0.717) is 21.5 Å². The van der Waals surface area contributed by atoms with Crippen LogP contribution < -0.4 is 10.2 Å². The highest BCUT2D eigenvalue weighted by Gasteiger charge is 2.06. The van der Waals surface area contributed by atoms with E-state index < -0.39 is 0 Å². The lowest BCUT2D eigenvalue weighted by atomic mass is 10.2. The molecule has 1 N–H and O–H groups in total. The van der Waals surface area contributed by atoms with Gasteiger partial charge < -0.3 is 4.74 Å². The summed E-state index contributed by atoms with van der Waals surface area (Å²) >= 11 is 12.3. The van der Waals surface area contributed by atoms with Crippen molar-refractivity contribution in [1.29, 1.82) is 0 Å². The summed E-state index contributed by atoms with van der Waals surface area (Å²) in [5.41, 5.74) is 4.28. The fourth-order valence-corrected chi connectivity index (χ4v) is 2.70.